The number of rotatable bonds is 4. The Labute approximate surface area is 141 Å². The Balaban J connectivity index is 1.92. The highest BCUT2D eigenvalue weighted by Gasteiger charge is 2.37. The number of hydrogen-bond acceptors (Lipinski definition) is 4. The minimum Gasteiger partial charge on any atom is -0.325 e. The second-order valence-electron chi connectivity index (χ2n) is 5.66. The fraction of sp³-hybridized carbons (Fsp3) is 0.294. The van der Waals surface area contributed by atoms with Crippen LogP contribution in [0.15, 0.2) is 48.8 Å². The normalized spacial score (nSPS) is 18.0. The van der Waals surface area contributed by atoms with Gasteiger partial charge in [-0.25, -0.2) is 8.42 Å². The zero-order chi connectivity index (χ0) is 17.2. The molecule has 1 aromatic carbocycles. The number of pyridine rings is 1. The lowest BCUT2D eigenvalue weighted by Crippen LogP contribution is -2.51. The molecule has 0 radical (unpaired) electrons. The summed E-state index contributed by atoms with van der Waals surface area (Å²) in [5.74, 6) is -0.360. The second kappa shape index (κ2) is 6.70. The predicted molar refractivity (Wildman–Crippen MR) is 91.8 cm³/mol. The summed E-state index contributed by atoms with van der Waals surface area (Å²) >= 11 is 0. The van der Waals surface area contributed by atoms with E-state index in [9.17, 15) is 13.2 Å². The van der Waals surface area contributed by atoms with Crippen LogP contribution in [0.3, 0.4) is 0 Å². The summed E-state index contributed by atoms with van der Waals surface area (Å²) in [5, 5.41) is 2.78. The molecule has 0 saturated heterocycles. The maximum absolute atomic E-state index is 12.7. The van der Waals surface area contributed by atoms with Crippen LogP contribution in [0.5, 0.6) is 0 Å². The highest BCUT2D eigenvalue weighted by atomic mass is 32.2. The Morgan fingerprint density at radius 1 is 1.21 bits per heavy atom. The standard InChI is InChI=1S/C17H19N3O3S/c1-2-24(22,23)20-12-14-6-4-3-5-13(14)11-16(20)17(21)19-15-7-9-18-10-8-15/h3-10,16H,2,11-12H2,1H3,(H,18,19,21). The lowest BCUT2D eigenvalue weighted by atomic mass is 9.95. The molecule has 1 aliphatic heterocycles. The minimum atomic E-state index is -3.49. The number of nitrogens with one attached hydrogen (secondary N) is 1. The van der Waals surface area contributed by atoms with Gasteiger partial charge in [0, 0.05) is 24.6 Å². The van der Waals surface area contributed by atoms with Gasteiger partial charge in [0.05, 0.1) is 5.75 Å². The number of carbonyl (C=O) groups excluding carboxylic acids is 1. The van der Waals surface area contributed by atoms with Crippen molar-refractivity contribution >= 4 is 21.6 Å². The zero-order valence-corrected chi connectivity index (χ0v) is 14.2. The van der Waals surface area contributed by atoms with Crippen molar-refractivity contribution in [2.24, 2.45) is 0 Å². The molecular formula is C17H19N3O3S. The van der Waals surface area contributed by atoms with Crippen LogP contribution in [-0.4, -0.2) is 35.4 Å². The molecule has 24 heavy (non-hydrogen) atoms. The molecule has 1 unspecified atom stereocenters. The van der Waals surface area contributed by atoms with Crippen molar-refractivity contribution < 1.29 is 13.2 Å². The lowest BCUT2D eigenvalue weighted by Gasteiger charge is -2.34. The molecule has 126 valence electrons. The minimum absolute atomic E-state index is 0.0335. The van der Waals surface area contributed by atoms with Crippen LogP contribution in [0, 0.1) is 0 Å². The van der Waals surface area contributed by atoms with Gasteiger partial charge in [0.15, 0.2) is 0 Å². The quantitative estimate of drug-likeness (QED) is 0.916. The first-order valence-corrected chi connectivity index (χ1v) is 9.39. The summed E-state index contributed by atoms with van der Waals surface area (Å²) in [6, 6.07) is 10.2. The molecule has 0 fully saturated rings. The fourth-order valence-corrected chi connectivity index (χ4v) is 4.07. The number of hydrogen-bond donors (Lipinski definition) is 1. The van der Waals surface area contributed by atoms with Gasteiger partial charge in [-0.05, 0) is 36.6 Å². The molecule has 6 nitrogen and oxygen atoms in total. The fourth-order valence-electron chi connectivity index (χ4n) is 2.84. The van der Waals surface area contributed by atoms with Gasteiger partial charge in [-0.2, -0.15) is 4.31 Å². The van der Waals surface area contributed by atoms with E-state index in [0.717, 1.165) is 11.1 Å². The first-order chi connectivity index (χ1) is 11.5. The van der Waals surface area contributed by atoms with Crippen LogP contribution >= 0.6 is 0 Å². The predicted octanol–water partition coefficient (Wildman–Crippen LogP) is 1.80. The molecule has 0 bridgehead atoms. The molecule has 7 heteroatoms. The topological polar surface area (TPSA) is 79.4 Å². The SMILES string of the molecule is CCS(=O)(=O)N1Cc2ccccc2CC1C(=O)Nc1ccncc1. The van der Waals surface area contributed by atoms with E-state index in [1.807, 2.05) is 24.3 Å². The van der Waals surface area contributed by atoms with Crippen LogP contribution in [-0.2, 0) is 27.8 Å². The van der Waals surface area contributed by atoms with E-state index in [2.05, 4.69) is 10.3 Å². The zero-order valence-electron chi connectivity index (χ0n) is 13.3. The Kier molecular flexibility index (Phi) is 4.64. The van der Waals surface area contributed by atoms with Gasteiger partial charge >= 0.3 is 0 Å². The van der Waals surface area contributed by atoms with Gasteiger partial charge in [0.2, 0.25) is 15.9 Å². The van der Waals surface area contributed by atoms with Gasteiger partial charge in [0.1, 0.15) is 6.04 Å². The first kappa shape index (κ1) is 16.6. The lowest BCUT2D eigenvalue weighted by molar-refractivity contribution is -0.120. The van der Waals surface area contributed by atoms with Crippen LogP contribution < -0.4 is 5.32 Å². The maximum Gasteiger partial charge on any atom is 0.243 e. The monoisotopic (exact) mass is 345 g/mol. The van der Waals surface area contributed by atoms with Crippen LogP contribution in [0.25, 0.3) is 0 Å². The van der Waals surface area contributed by atoms with E-state index >= 15 is 0 Å². The average molecular weight is 345 g/mol. The molecule has 1 aromatic heterocycles. The van der Waals surface area contributed by atoms with E-state index in [4.69, 9.17) is 0 Å². The Morgan fingerprint density at radius 2 is 1.88 bits per heavy atom. The Bertz CT molecular complexity index is 837. The smallest absolute Gasteiger partial charge is 0.243 e. The van der Waals surface area contributed by atoms with Crippen molar-refractivity contribution in [1.82, 2.24) is 9.29 Å². The number of aromatic nitrogens is 1. The Hall–Kier alpha value is -2.25. The number of benzene rings is 1. The molecule has 1 atom stereocenters. The van der Waals surface area contributed by atoms with E-state index in [1.165, 1.54) is 4.31 Å². The Morgan fingerprint density at radius 3 is 2.54 bits per heavy atom. The summed E-state index contributed by atoms with van der Waals surface area (Å²) < 4.78 is 26.2. The summed E-state index contributed by atoms with van der Waals surface area (Å²) in [6.07, 6.45) is 3.52. The van der Waals surface area contributed by atoms with Crippen molar-refractivity contribution in [3.63, 3.8) is 0 Å². The number of carbonyl (C=O) groups is 1. The average Bonchev–Trinajstić information content (AvgIpc) is 2.61. The number of nitrogens with zero attached hydrogens (tertiary/aromatic N) is 2. The van der Waals surface area contributed by atoms with Crippen molar-refractivity contribution in [3.05, 3.63) is 59.9 Å². The molecule has 1 amide bonds. The van der Waals surface area contributed by atoms with Crippen LogP contribution in [0.4, 0.5) is 5.69 Å². The van der Waals surface area contributed by atoms with E-state index in [-0.39, 0.29) is 18.2 Å². The van der Waals surface area contributed by atoms with E-state index in [0.29, 0.717) is 12.1 Å². The third-order valence-electron chi connectivity index (χ3n) is 4.18. The first-order valence-electron chi connectivity index (χ1n) is 7.78. The van der Waals surface area contributed by atoms with Crippen molar-refractivity contribution in [1.29, 1.82) is 0 Å². The van der Waals surface area contributed by atoms with Gasteiger partial charge < -0.3 is 5.32 Å². The van der Waals surface area contributed by atoms with E-state index < -0.39 is 16.1 Å². The summed E-state index contributed by atoms with van der Waals surface area (Å²) in [6.45, 7) is 1.81. The van der Waals surface area contributed by atoms with Crippen LogP contribution in [0.1, 0.15) is 18.1 Å². The largest absolute Gasteiger partial charge is 0.325 e. The summed E-state index contributed by atoms with van der Waals surface area (Å²) in [7, 11) is -3.49. The molecular weight excluding hydrogens is 326 g/mol. The number of fused-ring (bicyclic) bond motifs is 1. The summed E-state index contributed by atoms with van der Waals surface area (Å²) in [4.78, 5) is 16.6. The third-order valence-corrected chi connectivity index (χ3v) is 6.01. The van der Waals surface area contributed by atoms with Crippen molar-refractivity contribution in [2.75, 3.05) is 11.1 Å². The van der Waals surface area contributed by atoms with Crippen molar-refractivity contribution in [2.45, 2.75) is 25.9 Å². The van der Waals surface area contributed by atoms with Gasteiger partial charge in [-0.15, -0.1) is 0 Å². The van der Waals surface area contributed by atoms with Gasteiger partial charge in [-0.3, -0.25) is 9.78 Å². The van der Waals surface area contributed by atoms with Gasteiger partial charge in [0.25, 0.3) is 0 Å². The number of sulfonamides is 1. The maximum atomic E-state index is 12.7. The molecule has 0 spiro atoms. The molecule has 1 aliphatic rings. The van der Waals surface area contributed by atoms with Crippen molar-refractivity contribution in [3.8, 4) is 0 Å². The molecule has 1 N–H and O–H groups in total. The van der Waals surface area contributed by atoms with E-state index in [1.54, 1.807) is 31.5 Å². The van der Waals surface area contributed by atoms with Crippen LogP contribution in [0.2, 0.25) is 0 Å². The second-order valence-corrected chi connectivity index (χ2v) is 7.87. The molecule has 2 heterocycles. The number of anilines is 1. The molecule has 3 rings (SSSR count). The third kappa shape index (κ3) is 3.32. The molecule has 0 saturated carbocycles. The summed E-state index contributed by atoms with van der Waals surface area (Å²) in [5.41, 5.74) is 2.56. The number of amides is 1. The highest BCUT2D eigenvalue weighted by Crippen LogP contribution is 2.26. The van der Waals surface area contributed by atoms with Gasteiger partial charge in [-0.1, -0.05) is 24.3 Å². The highest BCUT2D eigenvalue weighted by molar-refractivity contribution is 7.89. The molecule has 2 aromatic rings. The molecule has 0 aliphatic carbocycles.